The highest BCUT2D eigenvalue weighted by Gasteiger charge is 2.32. The third-order valence-electron chi connectivity index (χ3n) is 4.30. The van der Waals surface area contributed by atoms with Gasteiger partial charge in [0.15, 0.2) is 0 Å². The van der Waals surface area contributed by atoms with Crippen LogP contribution in [0.5, 0.6) is 0 Å². The van der Waals surface area contributed by atoms with Gasteiger partial charge in [-0.2, -0.15) is 4.31 Å². The summed E-state index contributed by atoms with van der Waals surface area (Å²) in [4.78, 5) is 12.5. The van der Waals surface area contributed by atoms with Crippen LogP contribution in [-0.4, -0.2) is 43.9 Å². The zero-order chi connectivity index (χ0) is 20.5. The van der Waals surface area contributed by atoms with Gasteiger partial charge in [0.05, 0.1) is 22.8 Å². The fraction of sp³-hybridized carbons (Fsp3) is 0.316. The molecule has 2 unspecified atom stereocenters. The number of hydrogen-bond donors (Lipinski definition) is 1. The minimum Gasteiger partial charge on any atom is -0.373 e. The molecule has 28 heavy (non-hydrogen) atoms. The number of sulfonamides is 1. The van der Waals surface area contributed by atoms with E-state index in [1.807, 2.05) is 13.8 Å². The highest BCUT2D eigenvalue weighted by Crippen LogP contribution is 2.23. The van der Waals surface area contributed by atoms with E-state index in [1.54, 1.807) is 0 Å². The average molecular weight is 427 g/mol. The largest absolute Gasteiger partial charge is 0.373 e. The summed E-state index contributed by atoms with van der Waals surface area (Å²) in [5, 5.41) is 2.63. The van der Waals surface area contributed by atoms with Crippen molar-refractivity contribution in [3.63, 3.8) is 0 Å². The van der Waals surface area contributed by atoms with E-state index in [1.165, 1.54) is 40.7 Å². The van der Waals surface area contributed by atoms with Crippen molar-refractivity contribution in [2.45, 2.75) is 31.0 Å². The monoisotopic (exact) mass is 426 g/mol. The summed E-state index contributed by atoms with van der Waals surface area (Å²) < 4.78 is 46.8. The number of carbonyl (C=O) groups is 1. The van der Waals surface area contributed by atoms with Gasteiger partial charge in [-0.15, -0.1) is 0 Å². The lowest BCUT2D eigenvalue weighted by atomic mass is 10.2. The summed E-state index contributed by atoms with van der Waals surface area (Å²) in [5.41, 5.74) is 0.0586. The zero-order valence-corrected chi connectivity index (χ0v) is 16.9. The standard InChI is InChI=1S/C19H20ClFN2O4S/c1-12-10-23(11-13(2)27-12)28(25,26)16-5-3-4-14(8-16)19(24)22-18-7-6-15(20)9-17(18)21/h3-9,12-13H,10-11H2,1-2H3,(H,22,24). The Hall–Kier alpha value is -2.00. The Balaban J connectivity index is 1.84. The first kappa shape index (κ1) is 20.7. The Bertz CT molecular complexity index is 989. The highest BCUT2D eigenvalue weighted by molar-refractivity contribution is 7.89. The molecule has 150 valence electrons. The van der Waals surface area contributed by atoms with Gasteiger partial charge in [0.25, 0.3) is 5.91 Å². The van der Waals surface area contributed by atoms with Gasteiger partial charge >= 0.3 is 0 Å². The summed E-state index contributed by atoms with van der Waals surface area (Å²) in [5.74, 6) is -1.30. The summed E-state index contributed by atoms with van der Waals surface area (Å²) in [6.07, 6.45) is -0.448. The molecule has 0 bridgehead atoms. The average Bonchev–Trinajstić information content (AvgIpc) is 2.63. The molecule has 0 aromatic heterocycles. The van der Waals surface area contributed by atoms with E-state index in [0.29, 0.717) is 0 Å². The van der Waals surface area contributed by atoms with Gasteiger partial charge < -0.3 is 10.1 Å². The van der Waals surface area contributed by atoms with Crippen LogP contribution in [0.1, 0.15) is 24.2 Å². The van der Waals surface area contributed by atoms with Crippen molar-refractivity contribution in [3.8, 4) is 0 Å². The molecule has 1 aliphatic rings. The highest BCUT2D eigenvalue weighted by atomic mass is 35.5. The molecular weight excluding hydrogens is 407 g/mol. The number of rotatable bonds is 4. The smallest absolute Gasteiger partial charge is 0.255 e. The van der Waals surface area contributed by atoms with Crippen molar-refractivity contribution in [1.82, 2.24) is 4.31 Å². The Morgan fingerprint density at radius 3 is 2.50 bits per heavy atom. The van der Waals surface area contributed by atoms with Crippen LogP contribution in [0.15, 0.2) is 47.4 Å². The minimum atomic E-state index is -3.79. The SMILES string of the molecule is CC1CN(S(=O)(=O)c2cccc(C(=O)Nc3ccc(Cl)cc3F)c2)CC(C)O1. The summed E-state index contributed by atoms with van der Waals surface area (Å²) in [6, 6.07) is 9.52. The Morgan fingerprint density at radius 2 is 1.86 bits per heavy atom. The van der Waals surface area contributed by atoms with Crippen molar-refractivity contribution in [2.75, 3.05) is 18.4 Å². The third kappa shape index (κ3) is 4.52. The maximum Gasteiger partial charge on any atom is 0.255 e. The first-order valence-corrected chi connectivity index (χ1v) is 10.5. The molecule has 1 aliphatic heterocycles. The van der Waals surface area contributed by atoms with E-state index in [-0.39, 0.29) is 46.5 Å². The zero-order valence-electron chi connectivity index (χ0n) is 15.4. The van der Waals surface area contributed by atoms with Gasteiger partial charge in [0.2, 0.25) is 10.0 Å². The van der Waals surface area contributed by atoms with Crippen LogP contribution in [-0.2, 0) is 14.8 Å². The van der Waals surface area contributed by atoms with Crippen molar-refractivity contribution in [3.05, 3.63) is 58.9 Å². The molecule has 2 atom stereocenters. The van der Waals surface area contributed by atoms with Crippen molar-refractivity contribution >= 4 is 33.2 Å². The van der Waals surface area contributed by atoms with Crippen LogP contribution in [0.3, 0.4) is 0 Å². The predicted octanol–water partition coefficient (Wildman–Crippen LogP) is 3.53. The molecular formula is C19H20ClFN2O4S. The van der Waals surface area contributed by atoms with E-state index in [0.717, 1.165) is 6.07 Å². The lowest BCUT2D eigenvalue weighted by Crippen LogP contribution is -2.48. The van der Waals surface area contributed by atoms with Crippen LogP contribution in [0.2, 0.25) is 5.02 Å². The van der Waals surface area contributed by atoms with Gasteiger partial charge in [0.1, 0.15) is 5.82 Å². The molecule has 1 N–H and O–H groups in total. The molecule has 1 saturated heterocycles. The Kier molecular flexibility index (Phi) is 6.04. The van der Waals surface area contributed by atoms with E-state index in [4.69, 9.17) is 16.3 Å². The molecule has 0 spiro atoms. The second-order valence-electron chi connectivity index (χ2n) is 6.69. The number of carbonyl (C=O) groups excluding carboxylic acids is 1. The number of morpholine rings is 1. The fourth-order valence-electron chi connectivity index (χ4n) is 3.06. The molecule has 0 radical (unpaired) electrons. The lowest BCUT2D eigenvalue weighted by molar-refractivity contribution is -0.0440. The van der Waals surface area contributed by atoms with Crippen LogP contribution in [0.25, 0.3) is 0 Å². The van der Waals surface area contributed by atoms with Crippen molar-refractivity contribution in [1.29, 1.82) is 0 Å². The number of halogens is 2. The molecule has 1 heterocycles. The number of anilines is 1. The van der Waals surface area contributed by atoms with Crippen LogP contribution in [0.4, 0.5) is 10.1 Å². The van der Waals surface area contributed by atoms with Gasteiger partial charge in [-0.3, -0.25) is 4.79 Å². The molecule has 0 aliphatic carbocycles. The summed E-state index contributed by atoms with van der Waals surface area (Å²) >= 11 is 5.70. The molecule has 2 aromatic carbocycles. The number of nitrogens with one attached hydrogen (secondary N) is 1. The number of benzene rings is 2. The molecule has 3 rings (SSSR count). The van der Waals surface area contributed by atoms with E-state index in [2.05, 4.69) is 5.32 Å². The van der Waals surface area contributed by atoms with Crippen molar-refractivity contribution in [2.24, 2.45) is 0 Å². The number of ether oxygens (including phenoxy) is 1. The Morgan fingerprint density at radius 1 is 1.18 bits per heavy atom. The third-order valence-corrected chi connectivity index (χ3v) is 6.36. The van der Waals surface area contributed by atoms with Gasteiger partial charge in [0, 0.05) is 23.7 Å². The lowest BCUT2D eigenvalue weighted by Gasteiger charge is -2.34. The second-order valence-corrected chi connectivity index (χ2v) is 9.06. The number of amides is 1. The van der Waals surface area contributed by atoms with Gasteiger partial charge in [-0.25, -0.2) is 12.8 Å². The van der Waals surface area contributed by atoms with Gasteiger partial charge in [-0.1, -0.05) is 17.7 Å². The first-order valence-electron chi connectivity index (χ1n) is 8.69. The van der Waals surface area contributed by atoms with E-state index < -0.39 is 21.7 Å². The predicted molar refractivity (Wildman–Crippen MR) is 105 cm³/mol. The topological polar surface area (TPSA) is 75.7 Å². The number of hydrogen-bond acceptors (Lipinski definition) is 4. The molecule has 6 nitrogen and oxygen atoms in total. The normalized spacial score (nSPS) is 20.7. The van der Waals surface area contributed by atoms with E-state index >= 15 is 0 Å². The summed E-state index contributed by atoms with van der Waals surface area (Å²) in [6.45, 7) is 4.09. The van der Waals surface area contributed by atoms with Crippen molar-refractivity contribution < 1.29 is 22.3 Å². The maximum absolute atomic E-state index is 13.9. The van der Waals surface area contributed by atoms with Crippen LogP contribution in [0, 0.1) is 5.82 Å². The first-order chi connectivity index (χ1) is 13.2. The van der Waals surface area contributed by atoms with Gasteiger partial charge in [-0.05, 0) is 50.2 Å². The maximum atomic E-state index is 13.9. The van der Waals surface area contributed by atoms with Crippen LogP contribution >= 0.6 is 11.6 Å². The molecule has 9 heteroatoms. The Labute approximate surface area is 168 Å². The minimum absolute atomic E-state index is 0.00183. The fourth-order valence-corrected chi connectivity index (χ4v) is 4.85. The molecule has 1 amide bonds. The van der Waals surface area contributed by atoms with E-state index in [9.17, 15) is 17.6 Å². The second kappa shape index (κ2) is 8.16. The molecule has 0 saturated carbocycles. The quantitative estimate of drug-likeness (QED) is 0.811. The number of nitrogens with zero attached hydrogens (tertiary/aromatic N) is 1. The van der Waals surface area contributed by atoms with Crippen LogP contribution < -0.4 is 5.32 Å². The summed E-state index contributed by atoms with van der Waals surface area (Å²) in [7, 11) is -3.79. The molecule has 1 fully saturated rings. The molecule has 2 aromatic rings.